The van der Waals surface area contributed by atoms with E-state index in [2.05, 4.69) is 25.3 Å². The molecule has 0 amide bonds. The summed E-state index contributed by atoms with van der Waals surface area (Å²) in [5.41, 5.74) is 0.599. The van der Waals surface area contributed by atoms with Crippen molar-refractivity contribution < 1.29 is 23.0 Å². The molecule has 0 saturated carbocycles. The topological polar surface area (TPSA) is 67.4 Å². The zero-order valence-corrected chi connectivity index (χ0v) is 18.5. The lowest BCUT2D eigenvalue weighted by Gasteiger charge is -2.45. The number of benzene rings is 1. The fourth-order valence-corrected chi connectivity index (χ4v) is 4.32. The van der Waals surface area contributed by atoms with Crippen molar-refractivity contribution in [1.82, 2.24) is 15.5 Å². The first-order chi connectivity index (χ1) is 15.1. The second-order valence-electron chi connectivity index (χ2n) is 7.93. The number of halogens is 2. The molecule has 2 aliphatic heterocycles. The van der Waals surface area contributed by atoms with Crippen LogP contribution in [0.4, 0.5) is 8.78 Å². The molecule has 0 unspecified atom stereocenters. The van der Waals surface area contributed by atoms with Gasteiger partial charge in [0.2, 0.25) is 0 Å². The Bertz CT molecular complexity index is 721. The zero-order chi connectivity index (χ0) is 22.1. The van der Waals surface area contributed by atoms with E-state index >= 15 is 0 Å². The number of guanidine groups is 1. The lowest BCUT2D eigenvalue weighted by Crippen LogP contribution is -2.58. The number of ether oxygens (including phenoxy) is 3. The van der Waals surface area contributed by atoms with E-state index in [1.807, 2.05) is 6.92 Å². The average Bonchev–Trinajstić information content (AvgIpc) is 3.32. The van der Waals surface area contributed by atoms with E-state index in [9.17, 15) is 8.78 Å². The fraction of sp³-hybridized carbons (Fsp3) is 0.682. The summed E-state index contributed by atoms with van der Waals surface area (Å²) in [6, 6.07) is 4.76. The molecule has 174 valence electrons. The van der Waals surface area contributed by atoms with Gasteiger partial charge in [-0.2, -0.15) is 8.78 Å². The quantitative estimate of drug-likeness (QED) is 0.455. The molecule has 0 spiro atoms. The van der Waals surface area contributed by atoms with Crippen LogP contribution in [0.1, 0.15) is 38.2 Å². The summed E-state index contributed by atoms with van der Waals surface area (Å²) in [4.78, 5) is 7.22. The van der Waals surface area contributed by atoms with Crippen LogP contribution in [-0.2, 0) is 11.3 Å². The van der Waals surface area contributed by atoms with E-state index in [0.29, 0.717) is 23.8 Å². The van der Waals surface area contributed by atoms with Crippen molar-refractivity contribution in [3.63, 3.8) is 0 Å². The van der Waals surface area contributed by atoms with Gasteiger partial charge in [-0.05, 0) is 63.9 Å². The molecule has 3 rings (SSSR count). The molecule has 2 aliphatic rings. The molecule has 2 N–H and O–H groups in total. The van der Waals surface area contributed by atoms with Gasteiger partial charge in [-0.15, -0.1) is 0 Å². The number of rotatable bonds is 9. The summed E-state index contributed by atoms with van der Waals surface area (Å²) in [5.74, 6) is 1.33. The number of nitrogens with one attached hydrogen (secondary N) is 2. The second kappa shape index (κ2) is 11.5. The maximum absolute atomic E-state index is 12.8. The molecule has 2 fully saturated rings. The minimum Gasteiger partial charge on any atom is -0.497 e. The molecule has 0 bridgehead atoms. The molecule has 7 nitrogen and oxygen atoms in total. The monoisotopic (exact) mass is 440 g/mol. The first-order valence-corrected chi connectivity index (χ1v) is 11.0. The van der Waals surface area contributed by atoms with Gasteiger partial charge in [0, 0.05) is 37.4 Å². The van der Waals surface area contributed by atoms with Gasteiger partial charge in [0.1, 0.15) is 11.5 Å². The van der Waals surface area contributed by atoms with Crippen LogP contribution in [0.3, 0.4) is 0 Å². The van der Waals surface area contributed by atoms with Gasteiger partial charge in [-0.25, -0.2) is 4.99 Å². The van der Waals surface area contributed by atoms with Crippen molar-refractivity contribution in [1.29, 1.82) is 0 Å². The van der Waals surface area contributed by atoms with Crippen molar-refractivity contribution in [2.45, 2.75) is 51.3 Å². The molecular formula is C22H34F2N4O3. The van der Waals surface area contributed by atoms with Gasteiger partial charge < -0.3 is 24.8 Å². The van der Waals surface area contributed by atoms with Crippen LogP contribution in [-0.4, -0.2) is 69.5 Å². The minimum atomic E-state index is -2.89. The summed E-state index contributed by atoms with van der Waals surface area (Å²) >= 11 is 0. The molecule has 1 aromatic carbocycles. The number of aliphatic imine (C=N–C) groups is 1. The van der Waals surface area contributed by atoms with E-state index < -0.39 is 6.61 Å². The van der Waals surface area contributed by atoms with Crippen LogP contribution >= 0.6 is 0 Å². The first kappa shape index (κ1) is 23.5. The third-order valence-corrected chi connectivity index (χ3v) is 6.02. The predicted octanol–water partition coefficient (Wildman–Crippen LogP) is 3.00. The lowest BCUT2D eigenvalue weighted by atomic mass is 9.88. The molecule has 2 saturated heterocycles. The third kappa shape index (κ3) is 6.43. The van der Waals surface area contributed by atoms with Crippen LogP contribution in [0.5, 0.6) is 11.5 Å². The molecule has 9 heteroatoms. The van der Waals surface area contributed by atoms with Gasteiger partial charge >= 0.3 is 6.61 Å². The van der Waals surface area contributed by atoms with E-state index in [1.54, 1.807) is 12.1 Å². The molecule has 31 heavy (non-hydrogen) atoms. The SMILES string of the molecule is CCNC(=NCc1cc(OC)ccc1OC(F)F)NCC1(N2CCCC2)CCOCC1. The fourth-order valence-electron chi connectivity index (χ4n) is 4.32. The number of methoxy groups -OCH3 is 1. The summed E-state index contributed by atoms with van der Waals surface area (Å²) in [6.45, 7) is 4.53. The Morgan fingerprint density at radius 2 is 1.97 bits per heavy atom. The molecule has 0 aromatic heterocycles. The Kier molecular flexibility index (Phi) is 8.71. The second-order valence-corrected chi connectivity index (χ2v) is 7.93. The normalized spacial score (nSPS) is 19.5. The van der Waals surface area contributed by atoms with Crippen molar-refractivity contribution in [3.05, 3.63) is 23.8 Å². The van der Waals surface area contributed by atoms with Gasteiger partial charge in [-0.1, -0.05) is 0 Å². The predicted molar refractivity (Wildman–Crippen MR) is 116 cm³/mol. The number of alkyl halides is 2. The van der Waals surface area contributed by atoms with Gasteiger partial charge in [-0.3, -0.25) is 4.90 Å². The Morgan fingerprint density at radius 3 is 2.61 bits per heavy atom. The zero-order valence-electron chi connectivity index (χ0n) is 18.5. The third-order valence-electron chi connectivity index (χ3n) is 6.02. The largest absolute Gasteiger partial charge is 0.497 e. The highest BCUT2D eigenvalue weighted by Crippen LogP contribution is 2.31. The van der Waals surface area contributed by atoms with E-state index in [4.69, 9.17) is 9.47 Å². The van der Waals surface area contributed by atoms with Gasteiger partial charge in [0.05, 0.1) is 13.7 Å². The van der Waals surface area contributed by atoms with Crippen molar-refractivity contribution in [3.8, 4) is 11.5 Å². The van der Waals surface area contributed by atoms with Crippen molar-refractivity contribution in [2.75, 3.05) is 46.5 Å². The molecular weight excluding hydrogens is 406 g/mol. The van der Waals surface area contributed by atoms with E-state index in [-0.39, 0.29) is 17.8 Å². The summed E-state index contributed by atoms with van der Waals surface area (Å²) in [6.07, 6.45) is 4.45. The van der Waals surface area contributed by atoms with E-state index in [1.165, 1.54) is 26.0 Å². The maximum Gasteiger partial charge on any atom is 0.387 e. The molecule has 0 aliphatic carbocycles. The smallest absolute Gasteiger partial charge is 0.387 e. The highest BCUT2D eigenvalue weighted by atomic mass is 19.3. The van der Waals surface area contributed by atoms with Crippen molar-refractivity contribution >= 4 is 5.96 Å². The van der Waals surface area contributed by atoms with E-state index in [0.717, 1.165) is 45.7 Å². The number of nitrogens with zero attached hydrogens (tertiary/aromatic N) is 2. The van der Waals surface area contributed by atoms with Gasteiger partial charge in [0.15, 0.2) is 5.96 Å². The maximum atomic E-state index is 12.8. The summed E-state index contributed by atoms with van der Waals surface area (Å²) in [5, 5.41) is 6.75. The molecule has 0 atom stereocenters. The average molecular weight is 441 g/mol. The van der Waals surface area contributed by atoms with Gasteiger partial charge in [0.25, 0.3) is 0 Å². The van der Waals surface area contributed by atoms with Crippen LogP contribution in [0.15, 0.2) is 23.2 Å². The Balaban J connectivity index is 1.72. The number of hydrogen-bond acceptors (Lipinski definition) is 5. The van der Waals surface area contributed by atoms with Crippen LogP contribution < -0.4 is 20.1 Å². The lowest BCUT2D eigenvalue weighted by molar-refractivity contribution is -0.0504. The Morgan fingerprint density at radius 1 is 1.23 bits per heavy atom. The molecule has 2 heterocycles. The number of hydrogen-bond donors (Lipinski definition) is 2. The molecule has 1 aromatic rings. The van der Waals surface area contributed by atoms with Crippen LogP contribution in [0.25, 0.3) is 0 Å². The molecule has 0 radical (unpaired) electrons. The van der Waals surface area contributed by atoms with Crippen LogP contribution in [0, 0.1) is 0 Å². The highest BCUT2D eigenvalue weighted by Gasteiger charge is 2.39. The summed E-state index contributed by atoms with van der Waals surface area (Å²) in [7, 11) is 1.54. The highest BCUT2D eigenvalue weighted by molar-refractivity contribution is 5.79. The van der Waals surface area contributed by atoms with Crippen molar-refractivity contribution in [2.24, 2.45) is 4.99 Å². The van der Waals surface area contributed by atoms with Crippen LogP contribution in [0.2, 0.25) is 0 Å². The summed E-state index contributed by atoms with van der Waals surface area (Å²) < 4.78 is 41.1. The Hall–Kier alpha value is -2.13. The standard InChI is InChI=1S/C22H34F2N4O3/c1-3-25-21(26-15-17-14-18(29-2)6-7-19(17)31-20(23)24)27-16-22(8-12-30-13-9-22)28-10-4-5-11-28/h6-7,14,20H,3-5,8-13,15-16H2,1-2H3,(H2,25,26,27). The minimum absolute atomic E-state index is 0.0604. The Labute approximate surface area is 183 Å². The first-order valence-electron chi connectivity index (χ1n) is 11.0. The number of likely N-dealkylation sites (tertiary alicyclic amines) is 1.